The Labute approximate surface area is 154 Å². The van der Waals surface area contributed by atoms with Gasteiger partial charge in [0.1, 0.15) is 11.9 Å². The number of aryl methyl sites for hydroxylation is 1. The number of rotatable bonds is 7. The molecule has 1 heterocycles. The van der Waals surface area contributed by atoms with Crippen molar-refractivity contribution in [1.82, 2.24) is 4.90 Å². The molecule has 26 heavy (non-hydrogen) atoms. The van der Waals surface area contributed by atoms with Crippen molar-refractivity contribution in [1.29, 1.82) is 0 Å². The number of nitrogens with zero attached hydrogens (tertiary/aromatic N) is 1. The summed E-state index contributed by atoms with van der Waals surface area (Å²) in [5, 5.41) is 0. The monoisotopic (exact) mass is 355 g/mol. The summed E-state index contributed by atoms with van der Waals surface area (Å²) >= 11 is 0. The van der Waals surface area contributed by atoms with Crippen LogP contribution in [0.3, 0.4) is 0 Å². The van der Waals surface area contributed by atoms with E-state index in [0.717, 1.165) is 24.3 Å². The predicted molar refractivity (Wildman–Crippen MR) is 99.9 cm³/mol. The van der Waals surface area contributed by atoms with E-state index in [2.05, 4.69) is 0 Å². The molecule has 5 nitrogen and oxygen atoms in total. The van der Waals surface area contributed by atoms with Gasteiger partial charge in [-0.3, -0.25) is 4.79 Å². The molecule has 2 aromatic rings. The van der Waals surface area contributed by atoms with Gasteiger partial charge in [0.15, 0.2) is 11.5 Å². The lowest BCUT2D eigenvalue weighted by Crippen LogP contribution is -2.31. The van der Waals surface area contributed by atoms with Crippen molar-refractivity contribution in [2.75, 3.05) is 27.3 Å². The van der Waals surface area contributed by atoms with E-state index in [1.165, 1.54) is 0 Å². The Morgan fingerprint density at radius 1 is 1.08 bits per heavy atom. The summed E-state index contributed by atoms with van der Waals surface area (Å²) in [4.78, 5) is 14.4. The molecular weight excluding hydrogens is 330 g/mol. The number of para-hydroxylation sites is 1. The number of ether oxygens (including phenoxy) is 3. The van der Waals surface area contributed by atoms with Crippen molar-refractivity contribution in [2.24, 2.45) is 0 Å². The Bertz CT molecular complexity index is 732. The highest BCUT2D eigenvalue weighted by Gasteiger charge is 2.27. The molecule has 0 aromatic heterocycles. The van der Waals surface area contributed by atoms with Gasteiger partial charge in [-0.25, -0.2) is 0 Å². The van der Waals surface area contributed by atoms with Gasteiger partial charge >= 0.3 is 0 Å². The lowest BCUT2D eigenvalue weighted by atomic mass is 10.1. The Balaban J connectivity index is 1.50. The Morgan fingerprint density at radius 2 is 1.85 bits per heavy atom. The third-order valence-corrected chi connectivity index (χ3v) is 4.62. The Hall–Kier alpha value is -2.69. The minimum Gasteiger partial charge on any atom is -0.493 e. The lowest BCUT2D eigenvalue weighted by molar-refractivity contribution is -0.130. The summed E-state index contributed by atoms with van der Waals surface area (Å²) in [5.41, 5.74) is 1.06. The van der Waals surface area contributed by atoms with Crippen LogP contribution >= 0.6 is 0 Å². The van der Waals surface area contributed by atoms with Gasteiger partial charge in [-0.2, -0.15) is 0 Å². The van der Waals surface area contributed by atoms with Crippen LogP contribution in [0.15, 0.2) is 48.5 Å². The largest absolute Gasteiger partial charge is 0.493 e. The van der Waals surface area contributed by atoms with Crippen molar-refractivity contribution in [3.63, 3.8) is 0 Å². The van der Waals surface area contributed by atoms with Crippen molar-refractivity contribution in [3.05, 3.63) is 54.1 Å². The number of carbonyl (C=O) groups excluding carboxylic acids is 1. The molecule has 1 amide bonds. The van der Waals surface area contributed by atoms with E-state index < -0.39 is 0 Å². The minimum absolute atomic E-state index is 0.0717. The summed E-state index contributed by atoms with van der Waals surface area (Å²) in [6.07, 6.45) is 2.10. The number of carbonyl (C=O) groups is 1. The van der Waals surface area contributed by atoms with Crippen LogP contribution in [-0.2, 0) is 11.2 Å². The topological polar surface area (TPSA) is 48.0 Å². The van der Waals surface area contributed by atoms with Crippen molar-refractivity contribution in [3.8, 4) is 17.2 Å². The summed E-state index contributed by atoms with van der Waals surface area (Å²) in [6, 6.07) is 15.5. The number of hydrogen-bond donors (Lipinski definition) is 0. The third-order valence-electron chi connectivity index (χ3n) is 4.62. The second kappa shape index (κ2) is 8.61. The van der Waals surface area contributed by atoms with Gasteiger partial charge in [-0.15, -0.1) is 0 Å². The van der Waals surface area contributed by atoms with Crippen LogP contribution in [0.5, 0.6) is 17.2 Å². The molecule has 0 saturated carbocycles. The first kappa shape index (κ1) is 18.1. The Kier molecular flexibility index (Phi) is 6.00. The first-order valence-corrected chi connectivity index (χ1v) is 8.90. The Morgan fingerprint density at radius 3 is 2.58 bits per heavy atom. The normalized spacial score (nSPS) is 16.4. The number of hydrogen-bond acceptors (Lipinski definition) is 4. The number of amides is 1. The first-order chi connectivity index (χ1) is 12.7. The molecule has 1 aliphatic heterocycles. The predicted octanol–water partition coefficient (Wildman–Crippen LogP) is 3.32. The zero-order valence-electron chi connectivity index (χ0n) is 15.3. The van der Waals surface area contributed by atoms with Crippen LogP contribution in [0, 0.1) is 0 Å². The van der Waals surface area contributed by atoms with Gasteiger partial charge in [-0.1, -0.05) is 24.3 Å². The molecule has 5 heteroatoms. The van der Waals surface area contributed by atoms with E-state index in [0.29, 0.717) is 30.9 Å². The lowest BCUT2D eigenvalue weighted by Gasteiger charge is -2.17. The molecule has 0 unspecified atom stereocenters. The van der Waals surface area contributed by atoms with Crippen LogP contribution in [0.1, 0.15) is 18.4 Å². The minimum atomic E-state index is 0.0717. The highest BCUT2D eigenvalue weighted by atomic mass is 16.5. The number of methoxy groups -OCH3 is 2. The summed E-state index contributed by atoms with van der Waals surface area (Å²) in [5.74, 6) is 2.41. The highest BCUT2D eigenvalue weighted by Crippen LogP contribution is 2.28. The van der Waals surface area contributed by atoms with Crippen LogP contribution in [0.2, 0.25) is 0 Å². The molecule has 0 bridgehead atoms. The van der Waals surface area contributed by atoms with Crippen molar-refractivity contribution < 1.29 is 19.0 Å². The molecule has 1 saturated heterocycles. The van der Waals surface area contributed by atoms with Gasteiger partial charge in [0.25, 0.3) is 0 Å². The average Bonchev–Trinajstić information content (AvgIpc) is 3.15. The zero-order valence-corrected chi connectivity index (χ0v) is 15.3. The summed E-state index contributed by atoms with van der Waals surface area (Å²) in [7, 11) is 3.23. The number of benzene rings is 2. The molecule has 0 N–H and O–H groups in total. The maximum Gasteiger partial charge on any atom is 0.223 e. The molecule has 3 rings (SSSR count). The molecule has 0 aliphatic carbocycles. The summed E-state index contributed by atoms with van der Waals surface area (Å²) in [6.45, 7) is 1.40. The van der Waals surface area contributed by atoms with Crippen molar-refractivity contribution >= 4 is 5.91 Å². The van der Waals surface area contributed by atoms with Crippen LogP contribution in [0.25, 0.3) is 0 Å². The molecule has 2 aromatic carbocycles. The molecule has 1 aliphatic rings. The second-order valence-corrected chi connectivity index (χ2v) is 6.37. The fraction of sp³-hybridized carbons (Fsp3) is 0.381. The third kappa shape index (κ3) is 4.48. The molecule has 0 radical (unpaired) electrons. The molecular formula is C21H25NO4. The second-order valence-electron chi connectivity index (χ2n) is 6.37. The SMILES string of the molecule is COc1ccc(CCC(=O)N2CC[C@H](Oc3ccccc3)C2)cc1OC. The molecule has 1 fully saturated rings. The van der Waals surface area contributed by atoms with E-state index in [4.69, 9.17) is 14.2 Å². The smallest absolute Gasteiger partial charge is 0.223 e. The van der Waals surface area contributed by atoms with Gasteiger partial charge < -0.3 is 19.1 Å². The molecule has 1 atom stereocenters. The fourth-order valence-electron chi connectivity index (χ4n) is 3.19. The zero-order chi connectivity index (χ0) is 18.4. The van der Waals surface area contributed by atoms with E-state index in [-0.39, 0.29) is 12.0 Å². The van der Waals surface area contributed by atoms with Gasteiger partial charge in [0.05, 0.1) is 20.8 Å². The van der Waals surface area contributed by atoms with Gasteiger partial charge in [-0.05, 0) is 36.2 Å². The summed E-state index contributed by atoms with van der Waals surface area (Å²) < 4.78 is 16.5. The molecule has 0 spiro atoms. The van der Waals surface area contributed by atoms with Crippen LogP contribution < -0.4 is 14.2 Å². The van der Waals surface area contributed by atoms with Crippen molar-refractivity contribution in [2.45, 2.75) is 25.4 Å². The van der Waals surface area contributed by atoms with E-state index in [1.807, 2.05) is 53.4 Å². The van der Waals surface area contributed by atoms with Crippen LogP contribution in [0.4, 0.5) is 0 Å². The maximum atomic E-state index is 12.5. The molecule has 138 valence electrons. The number of likely N-dealkylation sites (tertiary alicyclic amines) is 1. The average molecular weight is 355 g/mol. The highest BCUT2D eigenvalue weighted by molar-refractivity contribution is 5.76. The van der Waals surface area contributed by atoms with E-state index in [1.54, 1.807) is 14.2 Å². The van der Waals surface area contributed by atoms with Gasteiger partial charge in [0, 0.05) is 19.4 Å². The van der Waals surface area contributed by atoms with E-state index >= 15 is 0 Å². The first-order valence-electron chi connectivity index (χ1n) is 8.90. The van der Waals surface area contributed by atoms with Gasteiger partial charge in [0.2, 0.25) is 5.91 Å². The fourth-order valence-corrected chi connectivity index (χ4v) is 3.19. The quantitative estimate of drug-likeness (QED) is 0.764. The maximum absolute atomic E-state index is 12.5. The van der Waals surface area contributed by atoms with Crippen LogP contribution in [-0.4, -0.2) is 44.2 Å². The standard InChI is InChI=1S/C21H25NO4/c1-24-19-10-8-16(14-20(19)25-2)9-11-21(23)22-13-12-18(15-22)26-17-6-4-3-5-7-17/h3-8,10,14,18H,9,11-13,15H2,1-2H3/t18-/m0/s1. The van der Waals surface area contributed by atoms with E-state index in [9.17, 15) is 4.79 Å².